The highest BCUT2D eigenvalue weighted by atomic mass is 19.1. The predicted octanol–water partition coefficient (Wildman–Crippen LogP) is 4.03. The highest BCUT2D eigenvalue weighted by Gasteiger charge is 2.38. The van der Waals surface area contributed by atoms with Gasteiger partial charge in [0.15, 0.2) is 0 Å². The third-order valence-electron chi connectivity index (χ3n) is 7.02. The van der Waals surface area contributed by atoms with Gasteiger partial charge in [-0.25, -0.2) is 4.39 Å². The summed E-state index contributed by atoms with van der Waals surface area (Å²) in [5.41, 5.74) is 3.47. The van der Waals surface area contributed by atoms with Gasteiger partial charge >= 0.3 is 0 Å². The molecule has 4 heteroatoms. The zero-order chi connectivity index (χ0) is 19.1. The maximum Gasteiger partial charge on any atom is 0.223 e. The summed E-state index contributed by atoms with van der Waals surface area (Å²) in [6.45, 7) is 4.20. The maximum absolute atomic E-state index is 13.5. The summed E-state index contributed by atoms with van der Waals surface area (Å²) in [4.78, 5) is 18.0. The van der Waals surface area contributed by atoms with Gasteiger partial charge in [-0.15, -0.1) is 0 Å². The molecule has 0 N–H and O–H groups in total. The molecule has 1 amide bonds. The Labute approximate surface area is 166 Å². The van der Waals surface area contributed by atoms with Crippen LogP contribution >= 0.6 is 0 Å². The standard InChI is InChI=1S/C24H27FN2O/c25-21-7-5-19(6-8-21)24-22-4-2-1-3-18(22)11-14-27(24)23(28)15-20-16-26-12-9-17(20)10-13-26/h1-8,17,20,24H,9-16H2/t20?,24-/m0/s1. The fourth-order valence-corrected chi connectivity index (χ4v) is 5.50. The van der Waals surface area contributed by atoms with Gasteiger partial charge < -0.3 is 9.80 Å². The molecule has 4 heterocycles. The van der Waals surface area contributed by atoms with Crippen molar-refractivity contribution in [2.45, 2.75) is 31.7 Å². The number of fused-ring (bicyclic) bond motifs is 4. The molecule has 0 spiro atoms. The second-order valence-corrected chi connectivity index (χ2v) is 8.59. The van der Waals surface area contributed by atoms with Crippen molar-refractivity contribution in [3.8, 4) is 0 Å². The molecule has 0 aromatic heterocycles. The molecule has 4 aliphatic heterocycles. The van der Waals surface area contributed by atoms with Crippen molar-refractivity contribution in [1.82, 2.24) is 9.80 Å². The molecule has 146 valence electrons. The van der Waals surface area contributed by atoms with E-state index in [0.717, 1.165) is 25.1 Å². The smallest absolute Gasteiger partial charge is 0.223 e. The molecule has 0 aliphatic carbocycles. The molecule has 2 bridgehead atoms. The topological polar surface area (TPSA) is 23.6 Å². The van der Waals surface area contributed by atoms with Crippen molar-refractivity contribution >= 4 is 5.91 Å². The summed E-state index contributed by atoms with van der Waals surface area (Å²) in [6, 6.07) is 14.9. The van der Waals surface area contributed by atoms with Crippen LogP contribution in [0.2, 0.25) is 0 Å². The summed E-state index contributed by atoms with van der Waals surface area (Å²) in [5, 5.41) is 0. The lowest BCUT2D eigenvalue weighted by molar-refractivity contribution is -0.136. The first-order chi connectivity index (χ1) is 13.7. The Balaban J connectivity index is 1.43. The number of hydrogen-bond acceptors (Lipinski definition) is 2. The minimum atomic E-state index is -0.238. The van der Waals surface area contributed by atoms with Crippen molar-refractivity contribution < 1.29 is 9.18 Å². The first-order valence-electron chi connectivity index (χ1n) is 10.5. The van der Waals surface area contributed by atoms with Crippen molar-refractivity contribution in [2.24, 2.45) is 11.8 Å². The summed E-state index contributed by atoms with van der Waals surface area (Å²) >= 11 is 0. The average Bonchev–Trinajstić information content (AvgIpc) is 2.74. The lowest BCUT2D eigenvalue weighted by atomic mass is 9.77. The molecule has 2 aromatic carbocycles. The first kappa shape index (κ1) is 17.9. The Bertz CT molecular complexity index is 857. The van der Waals surface area contributed by atoms with Crippen LogP contribution in [0, 0.1) is 17.7 Å². The van der Waals surface area contributed by atoms with E-state index < -0.39 is 0 Å². The van der Waals surface area contributed by atoms with Crippen LogP contribution in [0.1, 0.15) is 42.0 Å². The van der Waals surface area contributed by atoms with E-state index in [2.05, 4.69) is 23.1 Å². The van der Waals surface area contributed by atoms with Crippen molar-refractivity contribution in [1.29, 1.82) is 0 Å². The average molecular weight is 378 g/mol. The number of carbonyl (C=O) groups excluding carboxylic acids is 1. The van der Waals surface area contributed by atoms with Gasteiger partial charge in [-0.3, -0.25) is 4.79 Å². The molecule has 0 radical (unpaired) electrons. The van der Waals surface area contributed by atoms with Gasteiger partial charge in [-0.1, -0.05) is 36.4 Å². The second-order valence-electron chi connectivity index (χ2n) is 8.59. The zero-order valence-corrected chi connectivity index (χ0v) is 16.2. The van der Waals surface area contributed by atoms with Crippen molar-refractivity contribution in [3.05, 3.63) is 71.0 Å². The maximum atomic E-state index is 13.5. The van der Waals surface area contributed by atoms with Gasteiger partial charge in [0, 0.05) is 19.5 Å². The summed E-state index contributed by atoms with van der Waals surface area (Å²) in [6.07, 6.45) is 4.01. The zero-order valence-electron chi connectivity index (χ0n) is 16.2. The van der Waals surface area contributed by atoms with Crippen molar-refractivity contribution in [3.63, 3.8) is 0 Å². The van der Waals surface area contributed by atoms with Crippen molar-refractivity contribution in [2.75, 3.05) is 26.2 Å². The quantitative estimate of drug-likeness (QED) is 0.805. The molecule has 3 saturated heterocycles. The van der Waals surface area contributed by atoms with Gasteiger partial charge in [-0.2, -0.15) is 0 Å². The third-order valence-corrected chi connectivity index (χ3v) is 7.02. The summed E-state index contributed by atoms with van der Waals surface area (Å²) in [7, 11) is 0. The fourth-order valence-electron chi connectivity index (χ4n) is 5.50. The molecule has 4 aliphatic rings. The second kappa shape index (κ2) is 7.32. The number of amides is 1. The fraction of sp³-hybridized carbons (Fsp3) is 0.458. The number of hydrogen-bond donors (Lipinski definition) is 0. The Morgan fingerprint density at radius 2 is 1.75 bits per heavy atom. The Hall–Kier alpha value is -2.20. The van der Waals surface area contributed by atoms with Crippen LogP contribution in [-0.4, -0.2) is 41.9 Å². The Morgan fingerprint density at radius 1 is 1.00 bits per heavy atom. The molecule has 0 saturated carbocycles. The van der Waals surface area contributed by atoms with Gasteiger partial charge in [0.25, 0.3) is 0 Å². The van der Waals surface area contributed by atoms with Crippen LogP contribution in [0.4, 0.5) is 4.39 Å². The third kappa shape index (κ3) is 3.24. The lowest BCUT2D eigenvalue weighted by Gasteiger charge is -2.46. The van der Waals surface area contributed by atoms with Crippen LogP contribution in [0.5, 0.6) is 0 Å². The van der Waals surface area contributed by atoms with Gasteiger partial charge in [0.2, 0.25) is 5.91 Å². The van der Waals surface area contributed by atoms with Gasteiger partial charge in [0.1, 0.15) is 5.82 Å². The first-order valence-corrected chi connectivity index (χ1v) is 10.5. The van der Waals surface area contributed by atoms with E-state index in [1.165, 1.54) is 49.2 Å². The molecule has 2 aromatic rings. The summed E-state index contributed by atoms with van der Waals surface area (Å²) < 4.78 is 13.5. The number of piperidine rings is 3. The van der Waals surface area contributed by atoms with Crippen LogP contribution in [0.3, 0.4) is 0 Å². The monoisotopic (exact) mass is 378 g/mol. The van der Waals surface area contributed by atoms with Gasteiger partial charge in [-0.05, 0) is 73.0 Å². The van der Waals surface area contributed by atoms with E-state index in [0.29, 0.717) is 18.3 Å². The molecule has 1 unspecified atom stereocenters. The van der Waals surface area contributed by atoms with E-state index in [1.54, 1.807) is 0 Å². The van der Waals surface area contributed by atoms with Gasteiger partial charge in [0.05, 0.1) is 6.04 Å². The van der Waals surface area contributed by atoms with E-state index in [4.69, 9.17) is 0 Å². The number of benzene rings is 2. The van der Waals surface area contributed by atoms with E-state index in [9.17, 15) is 9.18 Å². The SMILES string of the molecule is O=C(CC1CN2CCC1CC2)N1CCc2ccccc2[C@@H]1c1ccc(F)cc1. The largest absolute Gasteiger partial charge is 0.331 e. The minimum absolute atomic E-state index is 0.112. The van der Waals surface area contributed by atoms with E-state index in [1.807, 2.05) is 23.1 Å². The highest BCUT2D eigenvalue weighted by molar-refractivity contribution is 5.78. The Kier molecular flexibility index (Phi) is 4.67. The number of carbonyl (C=O) groups is 1. The molecular weight excluding hydrogens is 351 g/mol. The normalized spacial score (nSPS) is 28.8. The Morgan fingerprint density at radius 3 is 2.46 bits per heavy atom. The molecule has 6 rings (SSSR count). The molecule has 3 fully saturated rings. The van der Waals surface area contributed by atoms with Crippen LogP contribution in [-0.2, 0) is 11.2 Å². The number of halogens is 1. The van der Waals surface area contributed by atoms with Crippen LogP contribution in [0.25, 0.3) is 0 Å². The van der Waals surface area contributed by atoms with Crippen LogP contribution in [0.15, 0.2) is 48.5 Å². The molecule has 3 nitrogen and oxygen atoms in total. The van der Waals surface area contributed by atoms with E-state index in [-0.39, 0.29) is 17.8 Å². The highest BCUT2D eigenvalue weighted by Crippen LogP contribution is 2.38. The molecular formula is C24H27FN2O. The minimum Gasteiger partial charge on any atom is -0.331 e. The van der Waals surface area contributed by atoms with E-state index >= 15 is 0 Å². The summed E-state index contributed by atoms with van der Waals surface area (Å²) in [5.74, 6) is 1.21. The number of rotatable bonds is 3. The molecule has 28 heavy (non-hydrogen) atoms. The lowest BCUT2D eigenvalue weighted by Crippen LogP contribution is -2.49. The predicted molar refractivity (Wildman–Crippen MR) is 107 cm³/mol. The molecule has 2 atom stereocenters. The van der Waals surface area contributed by atoms with Crippen LogP contribution < -0.4 is 0 Å². The number of nitrogens with zero attached hydrogens (tertiary/aromatic N) is 2.